The molecule has 0 aromatic carbocycles. The topological polar surface area (TPSA) is 0 Å². The molecular weight excluding hydrogens is 343 g/mol. The lowest BCUT2D eigenvalue weighted by Gasteiger charge is -2.23. The zero-order valence-electron chi connectivity index (χ0n) is 20.0. The van der Waals surface area contributed by atoms with Crippen LogP contribution in [0.1, 0.15) is 143 Å². The molecule has 0 aliphatic carbocycles. The predicted molar refractivity (Wildman–Crippen MR) is 132 cm³/mol. The number of hydrogen-bond donors (Lipinski definition) is 0. The van der Waals surface area contributed by atoms with Crippen LogP contribution in [0.2, 0.25) is 0 Å². The molecule has 0 bridgehead atoms. The van der Waals surface area contributed by atoms with Crippen molar-refractivity contribution < 1.29 is 0 Å². The van der Waals surface area contributed by atoms with Crippen LogP contribution >= 0.6 is 7.26 Å². The Hall–Kier alpha value is 0.430. The van der Waals surface area contributed by atoms with Gasteiger partial charge in [-0.1, -0.05) is 110 Å². The number of unbranched alkanes of at least 4 members (excludes halogenated alkanes) is 17. The molecule has 0 fully saturated rings. The van der Waals surface area contributed by atoms with E-state index in [-0.39, 0.29) is 0 Å². The molecule has 0 rings (SSSR count). The van der Waals surface area contributed by atoms with Gasteiger partial charge in [0.25, 0.3) is 0 Å². The summed E-state index contributed by atoms with van der Waals surface area (Å²) >= 11 is 0. The fourth-order valence-corrected chi connectivity index (χ4v) is 7.68. The Balaban J connectivity index is 3.19. The van der Waals surface area contributed by atoms with E-state index in [1.54, 1.807) is 6.16 Å². The van der Waals surface area contributed by atoms with Crippen molar-refractivity contribution in [3.05, 3.63) is 0 Å². The Bertz CT molecular complexity index is 261. The van der Waals surface area contributed by atoms with Crippen molar-refractivity contribution >= 4 is 7.26 Å². The van der Waals surface area contributed by atoms with Gasteiger partial charge < -0.3 is 0 Å². The number of hydrogen-bond acceptors (Lipinski definition) is 0. The Labute approximate surface area is 175 Å². The fraction of sp³-hybridized carbons (Fsp3) is 1.00. The summed E-state index contributed by atoms with van der Waals surface area (Å²) in [6.07, 6.45) is 32.7. The summed E-state index contributed by atoms with van der Waals surface area (Å²) in [6.45, 7) is 9.62. The van der Waals surface area contributed by atoms with E-state index >= 15 is 0 Å². The summed E-state index contributed by atoms with van der Waals surface area (Å²) in [7, 11) is -0.530. The van der Waals surface area contributed by atoms with Gasteiger partial charge in [0.15, 0.2) is 0 Å². The highest BCUT2D eigenvalue weighted by molar-refractivity contribution is 7.75. The van der Waals surface area contributed by atoms with Crippen LogP contribution in [0.25, 0.3) is 0 Å². The smallest absolute Gasteiger partial charge is 0.0594 e. The maximum atomic E-state index is 2.44. The molecule has 0 saturated heterocycles. The summed E-state index contributed by atoms with van der Waals surface area (Å²) in [5.74, 6) is 0. The van der Waals surface area contributed by atoms with Crippen LogP contribution in [0.5, 0.6) is 0 Å². The van der Waals surface area contributed by atoms with E-state index in [0.717, 1.165) is 0 Å². The molecule has 0 aliphatic heterocycles. The SMILES string of the molecule is CCCCCCCCCCCCCCCCCCCC[P+](CC)(CC)CC. The van der Waals surface area contributed by atoms with Gasteiger partial charge in [-0.05, 0) is 33.6 Å². The second-order valence-electron chi connectivity index (χ2n) is 9.02. The lowest BCUT2D eigenvalue weighted by Crippen LogP contribution is -2.07. The zero-order valence-corrected chi connectivity index (χ0v) is 20.9. The molecule has 0 aromatic heterocycles. The second kappa shape index (κ2) is 21.1. The highest BCUT2D eigenvalue weighted by Gasteiger charge is 2.29. The first-order valence-corrected chi connectivity index (χ1v) is 15.6. The summed E-state index contributed by atoms with van der Waals surface area (Å²) in [4.78, 5) is 0. The first kappa shape index (κ1) is 27.4. The van der Waals surface area contributed by atoms with Crippen LogP contribution in [0.3, 0.4) is 0 Å². The maximum Gasteiger partial charge on any atom is 0.0594 e. The second-order valence-corrected chi connectivity index (χ2v) is 14.1. The van der Waals surface area contributed by atoms with Crippen LogP contribution in [0, 0.1) is 0 Å². The molecular formula is C26H56P+. The molecule has 0 aliphatic rings. The van der Waals surface area contributed by atoms with Gasteiger partial charge >= 0.3 is 0 Å². The van der Waals surface area contributed by atoms with Crippen molar-refractivity contribution in [2.75, 3.05) is 24.6 Å². The molecule has 0 N–H and O–H groups in total. The van der Waals surface area contributed by atoms with Crippen molar-refractivity contribution in [3.8, 4) is 0 Å². The average Bonchev–Trinajstić information content (AvgIpc) is 2.70. The molecule has 0 radical (unpaired) electrons. The summed E-state index contributed by atoms with van der Waals surface area (Å²) < 4.78 is 0. The largest absolute Gasteiger partial charge is 0.0654 e. The fourth-order valence-electron chi connectivity index (χ4n) is 4.49. The van der Waals surface area contributed by atoms with E-state index in [0.29, 0.717) is 0 Å². The van der Waals surface area contributed by atoms with Gasteiger partial charge in [-0.15, -0.1) is 0 Å². The van der Waals surface area contributed by atoms with Gasteiger partial charge in [0.05, 0.1) is 24.6 Å². The van der Waals surface area contributed by atoms with E-state index in [9.17, 15) is 0 Å². The van der Waals surface area contributed by atoms with Gasteiger partial charge in [0, 0.05) is 7.26 Å². The Morgan fingerprint density at radius 3 is 0.852 bits per heavy atom. The lowest BCUT2D eigenvalue weighted by atomic mass is 10.0. The molecule has 0 saturated carbocycles. The molecule has 164 valence electrons. The molecule has 0 heterocycles. The lowest BCUT2D eigenvalue weighted by molar-refractivity contribution is 0.526. The zero-order chi connectivity index (χ0) is 20.1. The predicted octanol–water partition coefficient (Wildman–Crippen LogP) is 10.1. The van der Waals surface area contributed by atoms with E-state index in [1.807, 2.05) is 0 Å². The quantitative estimate of drug-likeness (QED) is 0.125. The highest BCUT2D eigenvalue weighted by atomic mass is 31.2. The standard InChI is InChI=1S/C26H56P/c1-5-9-10-11-12-13-14-15-16-17-18-19-20-21-22-23-24-25-26-27(6-2,7-3)8-4/h5-26H2,1-4H3/q+1. The van der Waals surface area contributed by atoms with Crippen molar-refractivity contribution in [3.63, 3.8) is 0 Å². The van der Waals surface area contributed by atoms with Gasteiger partial charge in [0.1, 0.15) is 0 Å². The third-order valence-electron chi connectivity index (χ3n) is 7.00. The Morgan fingerprint density at radius 1 is 0.333 bits per heavy atom. The van der Waals surface area contributed by atoms with Crippen molar-refractivity contribution in [1.82, 2.24) is 0 Å². The molecule has 0 unspecified atom stereocenters. The minimum Gasteiger partial charge on any atom is -0.0654 e. The number of rotatable bonds is 22. The van der Waals surface area contributed by atoms with Crippen molar-refractivity contribution in [1.29, 1.82) is 0 Å². The summed E-state index contributed by atoms with van der Waals surface area (Å²) in [5.41, 5.74) is 0. The molecule has 0 spiro atoms. The van der Waals surface area contributed by atoms with Crippen LogP contribution in [0.15, 0.2) is 0 Å². The maximum absolute atomic E-state index is 2.44. The molecule has 0 nitrogen and oxygen atoms in total. The summed E-state index contributed by atoms with van der Waals surface area (Å²) in [5, 5.41) is 0. The third-order valence-corrected chi connectivity index (χ3v) is 12.3. The minimum atomic E-state index is -0.530. The van der Waals surface area contributed by atoms with Crippen LogP contribution < -0.4 is 0 Å². The van der Waals surface area contributed by atoms with Crippen LogP contribution in [-0.4, -0.2) is 24.6 Å². The van der Waals surface area contributed by atoms with Crippen molar-refractivity contribution in [2.24, 2.45) is 0 Å². The molecule has 0 amide bonds. The van der Waals surface area contributed by atoms with Crippen LogP contribution in [-0.2, 0) is 0 Å². The minimum absolute atomic E-state index is 0.530. The molecule has 0 atom stereocenters. The van der Waals surface area contributed by atoms with Gasteiger partial charge in [-0.2, -0.15) is 0 Å². The first-order chi connectivity index (χ1) is 13.2. The van der Waals surface area contributed by atoms with E-state index in [4.69, 9.17) is 0 Å². The van der Waals surface area contributed by atoms with Gasteiger partial charge in [-0.25, -0.2) is 0 Å². The first-order valence-electron chi connectivity index (χ1n) is 13.1. The van der Waals surface area contributed by atoms with E-state index < -0.39 is 7.26 Å². The Kier molecular flexibility index (Phi) is 21.5. The normalized spacial score (nSPS) is 12.0. The highest BCUT2D eigenvalue weighted by Crippen LogP contribution is 2.58. The van der Waals surface area contributed by atoms with Crippen molar-refractivity contribution in [2.45, 2.75) is 143 Å². The Morgan fingerprint density at radius 2 is 0.593 bits per heavy atom. The molecule has 0 aromatic rings. The van der Waals surface area contributed by atoms with Gasteiger partial charge in [0.2, 0.25) is 0 Å². The molecule has 27 heavy (non-hydrogen) atoms. The van der Waals surface area contributed by atoms with E-state index in [2.05, 4.69) is 27.7 Å². The van der Waals surface area contributed by atoms with Crippen LogP contribution in [0.4, 0.5) is 0 Å². The monoisotopic (exact) mass is 399 g/mol. The average molecular weight is 400 g/mol. The third kappa shape index (κ3) is 17.0. The summed E-state index contributed by atoms with van der Waals surface area (Å²) in [6, 6.07) is 0. The van der Waals surface area contributed by atoms with Gasteiger partial charge in [-0.3, -0.25) is 0 Å². The molecule has 1 heteroatoms. The van der Waals surface area contributed by atoms with E-state index in [1.165, 1.54) is 134 Å².